The van der Waals surface area contributed by atoms with E-state index in [0.29, 0.717) is 5.89 Å². The molecule has 0 aliphatic carbocycles. The third-order valence-electron chi connectivity index (χ3n) is 5.13. The maximum Gasteiger partial charge on any atom is 0.227 e. The van der Waals surface area contributed by atoms with E-state index in [1.54, 1.807) is 0 Å². The minimum atomic E-state index is 0.638. The molecular formula is C24H15N3O. The van der Waals surface area contributed by atoms with Gasteiger partial charge in [0.15, 0.2) is 5.58 Å². The number of rotatable bonds is 2. The summed E-state index contributed by atoms with van der Waals surface area (Å²) in [5.41, 5.74) is 7.05. The van der Waals surface area contributed by atoms with Gasteiger partial charge in [-0.2, -0.15) is 5.10 Å². The van der Waals surface area contributed by atoms with Crippen LogP contribution in [0, 0.1) is 0 Å². The molecule has 0 saturated carbocycles. The first kappa shape index (κ1) is 15.2. The summed E-state index contributed by atoms with van der Waals surface area (Å²) in [6.45, 7) is 0. The van der Waals surface area contributed by atoms with Crippen LogP contribution in [0.1, 0.15) is 0 Å². The summed E-state index contributed by atoms with van der Waals surface area (Å²) in [4.78, 5) is 4.58. The van der Waals surface area contributed by atoms with E-state index in [1.807, 2.05) is 59.2 Å². The lowest BCUT2D eigenvalue weighted by molar-refractivity contribution is 0.620. The Morgan fingerprint density at radius 3 is 2.36 bits per heavy atom. The lowest BCUT2D eigenvalue weighted by atomic mass is 10.0. The molecule has 0 aliphatic rings. The van der Waals surface area contributed by atoms with Crippen molar-refractivity contribution in [2.75, 3.05) is 0 Å². The van der Waals surface area contributed by atoms with E-state index in [0.717, 1.165) is 38.8 Å². The minimum absolute atomic E-state index is 0.638. The number of hydrogen-bond acceptors (Lipinski definition) is 3. The third kappa shape index (κ3) is 2.25. The molecule has 0 saturated heterocycles. The van der Waals surface area contributed by atoms with Crippen molar-refractivity contribution in [1.82, 2.24) is 14.6 Å². The van der Waals surface area contributed by atoms with E-state index < -0.39 is 0 Å². The van der Waals surface area contributed by atoms with Crippen LogP contribution in [0.2, 0.25) is 0 Å². The van der Waals surface area contributed by atoms with E-state index >= 15 is 0 Å². The predicted molar refractivity (Wildman–Crippen MR) is 111 cm³/mol. The van der Waals surface area contributed by atoms with Crippen molar-refractivity contribution in [3.05, 3.63) is 91.1 Å². The van der Waals surface area contributed by atoms with Crippen LogP contribution < -0.4 is 0 Å². The van der Waals surface area contributed by atoms with Crippen LogP contribution in [0.15, 0.2) is 95.5 Å². The summed E-state index contributed by atoms with van der Waals surface area (Å²) in [6.07, 6.45) is 1.93. The van der Waals surface area contributed by atoms with Crippen molar-refractivity contribution in [2.45, 2.75) is 0 Å². The molecule has 0 radical (unpaired) electrons. The lowest BCUT2D eigenvalue weighted by Crippen LogP contribution is -1.89. The minimum Gasteiger partial charge on any atom is -0.436 e. The number of pyridine rings is 1. The number of para-hydroxylation sites is 3. The molecule has 0 amide bonds. The standard InChI is InChI=1S/C24H15N3O/c1-3-7-21-17(5-1)13-14-22-19(15-25-27(21)22)16-9-11-18(12-10-16)24-26-20-6-2-4-8-23(20)28-24/h1-15H. The average molecular weight is 361 g/mol. The third-order valence-corrected chi connectivity index (χ3v) is 5.13. The van der Waals surface area contributed by atoms with Gasteiger partial charge in [-0.15, -0.1) is 0 Å². The zero-order chi connectivity index (χ0) is 18.5. The quantitative estimate of drug-likeness (QED) is 0.382. The van der Waals surface area contributed by atoms with Gasteiger partial charge in [-0.3, -0.25) is 0 Å². The maximum absolute atomic E-state index is 5.88. The molecule has 132 valence electrons. The monoisotopic (exact) mass is 361 g/mol. The fourth-order valence-corrected chi connectivity index (χ4v) is 3.71. The largest absolute Gasteiger partial charge is 0.436 e. The van der Waals surface area contributed by atoms with Crippen LogP contribution in [-0.4, -0.2) is 14.6 Å². The van der Waals surface area contributed by atoms with Gasteiger partial charge in [-0.1, -0.05) is 48.5 Å². The van der Waals surface area contributed by atoms with Gasteiger partial charge in [-0.25, -0.2) is 9.50 Å². The smallest absolute Gasteiger partial charge is 0.227 e. The van der Waals surface area contributed by atoms with Crippen LogP contribution >= 0.6 is 0 Å². The van der Waals surface area contributed by atoms with Gasteiger partial charge in [0.25, 0.3) is 0 Å². The van der Waals surface area contributed by atoms with Crippen molar-refractivity contribution < 1.29 is 4.42 Å². The normalized spacial score (nSPS) is 11.6. The molecule has 6 rings (SSSR count). The van der Waals surface area contributed by atoms with Crippen LogP contribution in [0.4, 0.5) is 0 Å². The molecule has 28 heavy (non-hydrogen) atoms. The summed E-state index contributed by atoms with van der Waals surface area (Å²) >= 11 is 0. The average Bonchev–Trinajstić information content (AvgIpc) is 3.38. The van der Waals surface area contributed by atoms with E-state index in [9.17, 15) is 0 Å². The molecule has 3 aromatic heterocycles. The fourth-order valence-electron chi connectivity index (χ4n) is 3.71. The summed E-state index contributed by atoms with van der Waals surface area (Å²) in [5.74, 6) is 0.638. The number of nitrogens with zero attached hydrogens (tertiary/aromatic N) is 3. The maximum atomic E-state index is 5.88. The molecule has 0 fully saturated rings. The first-order valence-electron chi connectivity index (χ1n) is 9.19. The topological polar surface area (TPSA) is 43.3 Å². The van der Waals surface area contributed by atoms with Crippen LogP contribution in [0.25, 0.3) is 50.1 Å². The lowest BCUT2D eigenvalue weighted by Gasteiger charge is -2.04. The highest BCUT2D eigenvalue weighted by atomic mass is 16.3. The molecule has 0 bridgehead atoms. The summed E-state index contributed by atoms with van der Waals surface area (Å²) in [7, 11) is 0. The Morgan fingerprint density at radius 1 is 0.679 bits per heavy atom. The predicted octanol–water partition coefficient (Wildman–Crippen LogP) is 5.96. The van der Waals surface area contributed by atoms with Crippen molar-refractivity contribution in [3.63, 3.8) is 0 Å². The Morgan fingerprint density at radius 2 is 1.46 bits per heavy atom. The summed E-state index contributed by atoms with van der Waals surface area (Å²) in [5, 5.41) is 5.80. The Balaban J connectivity index is 1.44. The molecule has 0 spiro atoms. The van der Waals surface area contributed by atoms with Crippen molar-refractivity contribution >= 4 is 27.5 Å². The van der Waals surface area contributed by atoms with Gasteiger partial charge in [0.2, 0.25) is 5.89 Å². The molecular weight excluding hydrogens is 346 g/mol. The number of fused-ring (bicyclic) bond motifs is 4. The second kappa shape index (κ2) is 5.79. The van der Waals surface area contributed by atoms with E-state index in [-0.39, 0.29) is 0 Å². The first-order chi connectivity index (χ1) is 13.9. The highest BCUT2D eigenvalue weighted by molar-refractivity contribution is 5.88. The molecule has 0 atom stereocenters. The summed E-state index contributed by atoms with van der Waals surface area (Å²) in [6, 6.07) is 28.6. The van der Waals surface area contributed by atoms with E-state index in [1.165, 1.54) is 5.39 Å². The molecule has 3 heterocycles. The van der Waals surface area contributed by atoms with Gasteiger partial charge >= 0.3 is 0 Å². The van der Waals surface area contributed by atoms with Gasteiger partial charge in [-0.05, 0) is 42.0 Å². The van der Waals surface area contributed by atoms with Gasteiger partial charge < -0.3 is 4.42 Å². The number of hydrogen-bond donors (Lipinski definition) is 0. The van der Waals surface area contributed by atoms with Crippen molar-refractivity contribution in [3.8, 4) is 22.6 Å². The van der Waals surface area contributed by atoms with Crippen molar-refractivity contribution in [1.29, 1.82) is 0 Å². The fraction of sp³-hybridized carbons (Fsp3) is 0. The second-order valence-corrected chi connectivity index (χ2v) is 6.81. The highest BCUT2D eigenvalue weighted by Crippen LogP contribution is 2.30. The number of aromatic nitrogens is 3. The molecule has 0 unspecified atom stereocenters. The van der Waals surface area contributed by atoms with Gasteiger partial charge in [0, 0.05) is 16.5 Å². The number of oxazole rings is 1. The number of benzene rings is 3. The van der Waals surface area contributed by atoms with E-state index in [4.69, 9.17) is 4.42 Å². The van der Waals surface area contributed by atoms with Crippen LogP contribution in [0.3, 0.4) is 0 Å². The zero-order valence-electron chi connectivity index (χ0n) is 14.9. The zero-order valence-corrected chi connectivity index (χ0v) is 14.9. The molecule has 0 N–H and O–H groups in total. The molecule has 0 aliphatic heterocycles. The molecule has 4 heteroatoms. The second-order valence-electron chi connectivity index (χ2n) is 6.81. The van der Waals surface area contributed by atoms with Gasteiger partial charge in [0.05, 0.1) is 17.2 Å². The first-order valence-corrected chi connectivity index (χ1v) is 9.19. The molecule has 4 nitrogen and oxygen atoms in total. The Bertz CT molecular complexity index is 1430. The van der Waals surface area contributed by atoms with Crippen LogP contribution in [0.5, 0.6) is 0 Å². The Kier molecular flexibility index (Phi) is 3.14. The highest BCUT2D eigenvalue weighted by Gasteiger charge is 2.11. The summed E-state index contributed by atoms with van der Waals surface area (Å²) < 4.78 is 7.87. The van der Waals surface area contributed by atoms with Crippen LogP contribution in [-0.2, 0) is 0 Å². The van der Waals surface area contributed by atoms with E-state index in [2.05, 4.69) is 46.5 Å². The molecule has 6 aromatic rings. The van der Waals surface area contributed by atoms with Gasteiger partial charge in [0.1, 0.15) is 5.52 Å². The Labute approximate surface area is 160 Å². The SMILES string of the molecule is c1ccc2c(c1)ccc1c(-c3ccc(-c4nc5ccccc5o4)cc3)cnn12. The Hall–Kier alpha value is -3.92. The van der Waals surface area contributed by atoms with Crippen molar-refractivity contribution in [2.24, 2.45) is 0 Å². The molecule has 3 aromatic carbocycles.